The van der Waals surface area contributed by atoms with Gasteiger partial charge in [-0.05, 0) is 29.8 Å². The lowest BCUT2D eigenvalue weighted by atomic mass is 10.2. The fourth-order valence-corrected chi connectivity index (χ4v) is 2.16. The molecule has 2 heterocycles. The van der Waals surface area contributed by atoms with Crippen LogP contribution < -0.4 is 5.32 Å². The Hall–Kier alpha value is -2.53. The minimum Gasteiger partial charge on any atom is -0.366 e. The molecule has 0 saturated heterocycles. The molecule has 0 atom stereocenters. The van der Waals surface area contributed by atoms with Crippen molar-refractivity contribution in [2.24, 2.45) is 0 Å². The highest BCUT2D eigenvalue weighted by Gasteiger charge is 2.06. The Morgan fingerprint density at radius 2 is 1.86 bits per heavy atom. The molecular formula is C16H12ClFN4. The Bertz CT molecular complexity index is 780. The summed E-state index contributed by atoms with van der Waals surface area (Å²) in [4.78, 5) is 12.6. The largest absolute Gasteiger partial charge is 0.366 e. The van der Waals surface area contributed by atoms with Crippen LogP contribution in [0.15, 0.2) is 54.9 Å². The minimum absolute atomic E-state index is 0.266. The summed E-state index contributed by atoms with van der Waals surface area (Å²) in [6, 6.07) is 11.6. The number of aromatic nitrogens is 3. The number of rotatable bonds is 4. The second kappa shape index (κ2) is 6.49. The average Bonchev–Trinajstić information content (AvgIpc) is 2.53. The van der Waals surface area contributed by atoms with E-state index in [1.165, 1.54) is 12.1 Å². The maximum absolute atomic E-state index is 13.2. The smallest absolute Gasteiger partial charge is 0.163 e. The van der Waals surface area contributed by atoms with Crippen molar-refractivity contribution in [3.05, 3.63) is 71.4 Å². The fourth-order valence-electron chi connectivity index (χ4n) is 1.98. The Morgan fingerprint density at radius 3 is 2.64 bits per heavy atom. The van der Waals surface area contributed by atoms with Gasteiger partial charge in [0.15, 0.2) is 5.82 Å². The van der Waals surface area contributed by atoms with Gasteiger partial charge in [0.1, 0.15) is 16.8 Å². The van der Waals surface area contributed by atoms with Gasteiger partial charge in [0, 0.05) is 30.6 Å². The number of pyridine rings is 1. The van der Waals surface area contributed by atoms with Crippen molar-refractivity contribution in [2.45, 2.75) is 6.54 Å². The Morgan fingerprint density at radius 1 is 1.05 bits per heavy atom. The summed E-state index contributed by atoms with van der Waals surface area (Å²) >= 11 is 6.04. The van der Waals surface area contributed by atoms with Gasteiger partial charge in [0.05, 0.1) is 0 Å². The zero-order valence-electron chi connectivity index (χ0n) is 11.5. The Labute approximate surface area is 132 Å². The van der Waals surface area contributed by atoms with E-state index in [1.54, 1.807) is 24.5 Å². The van der Waals surface area contributed by atoms with Gasteiger partial charge < -0.3 is 5.32 Å². The van der Waals surface area contributed by atoms with Gasteiger partial charge in [-0.3, -0.25) is 4.98 Å². The highest BCUT2D eigenvalue weighted by Crippen LogP contribution is 2.20. The summed E-state index contributed by atoms with van der Waals surface area (Å²) in [5.74, 6) is 0.824. The fraction of sp³-hybridized carbons (Fsp3) is 0.0625. The number of nitrogens with one attached hydrogen (secondary N) is 1. The standard InChI is InChI=1S/C16H12ClFN4/c17-14-9-15(20-10-11-2-1-3-13(18)8-11)22-16(21-14)12-4-6-19-7-5-12/h1-9H,10H2,(H,20,21,22). The third-order valence-electron chi connectivity index (χ3n) is 3.00. The third kappa shape index (κ3) is 3.56. The lowest BCUT2D eigenvalue weighted by molar-refractivity contribution is 0.626. The molecule has 0 unspecified atom stereocenters. The first-order valence-corrected chi connectivity index (χ1v) is 7.02. The molecule has 1 aromatic carbocycles. The van der Waals surface area contributed by atoms with Crippen LogP contribution in [0.2, 0.25) is 5.15 Å². The van der Waals surface area contributed by atoms with Gasteiger partial charge in [-0.25, -0.2) is 14.4 Å². The van der Waals surface area contributed by atoms with Crippen molar-refractivity contribution in [3.8, 4) is 11.4 Å². The summed E-state index contributed by atoms with van der Waals surface area (Å²) in [6.07, 6.45) is 3.33. The molecule has 1 N–H and O–H groups in total. The molecule has 4 nitrogen and oxygen atoms in total. The summed E-state index contributed by atoms with van der Waals surface area (Å²) in [6.45, 7) is 0.445. The molecule has 2 aromatic heterocycles. The molecule has 0 radical (unpaired) electrons. The van der Waals surface area contributed by atoms with Gasteiger partial charge in [-0.15, -0.1) is 0 Å². The average molecular weight is 315 g/mol. The second-order valence-corrected chi connectivity index (χ2v) is 5.01. The maximum atomic E-state index is 13.2. The van der Waals surface area contributed by atoms with Gasteiger partial charge in [-0.2, -0.15) is 0 Å². The van der Waals surface area contributed by atoms with Crippen molar-refractivity contribution < 1.29 is 4.39 Å². The van der Waals surface area contributed by atoms with E-state index in [9.17, 15) is 4.39 Å². The Balaban J connectivity index is 1.81. The summed E-state index contributed by atoms with van der Waals surface area (Å²) in [5.41, 5.74) is 1.64. The molecule has 0 spiro atoms. The SMILES string of the molecule is Fc1cccc(CNc2cc(Cl)nc(-c3ccncc3)n2)c1. The highest BCUT2D eigenvalue weighted by atomic mass is 35.5. The first-order chi connectivity index (χ1) is 10.7. The molecular weight excluding hydrogens is 303 g/mol. The minimum atomic E-state index is -0.266. The van der Waals surface area contributed by atoms with Crippen molar-refractivity contribution in [3.63, 3.8) is 0 Å². The van der Waals surface area contributed by atoms with E-state index in [0.717, 1.165) is 11.1 Å². The molecule has 22 heavy (non-hydrogen) atoms. The van der Waals surface area contributed by atoms with E-state index < -0.39 is 0 Å². The van der Waals surface area contributed by atoms with Gasteiger partial charge >= 0.3 is 0 Å². The predicted molar refractivity (Wildman–Crippen MR) is 84.0 cm³/mol. The van der Waals surface area contributed by atoms with Crippen LogP contribution >= 0.6 is 11.6 Å². The van der Waals surface area contributed by atoms with Crippen LogP contribution in [0.3, 0.4) is 0 Å². The molecule has 0 bridgehead atoms. The second-order valence-electron chi connectivity index (χ2n) is 4.62. The molecule has 110 valence electrons. The molecule has 0 aliphatic heterocycles. The van der Waals surface area contributed by atoms with Crippen molar-refractivity contribution in [1.29, 1.82) is 0 Å². The number of anilines is 1. The summed E-state index contributed by atoms with van der Waals surface area (Å²) in [5, 5.41) is 3.46. The molecule has 6 heteroatoms. The molecule has 0 fully saturated rings. The Kier molecular flexibility index (Phi) is 4.25. The predicted octanol–water partition coefficient (Wildman–Crippen LogP) is 3.94. The molecule has 3 rings (SSSR count). The molecule has 0 aliphatic rings. The normalized spacial score (nSPS) is 10.5. The van der Waals surface area contributed by atoms with Gasteiger partial charge in [0.25, 0.3) is 0 Å². The topological polar surface area (TPSA) is 50.7 Å². The van der Waals surface area contributed by atoms with Crippen molar-refractivity contribution in [1.82, 2.24) is 15.0 Å². The number of hydrogen-bond acceptors (Lipinski definition) is 4. The lowest BCUT2D eigenvalue weighted by Gasteiger charge is -2.08. The quantitative estimate of drug-likeness (QED) is 0.741. The monoisotopic (exact) mass is 314 g/mol. The number of halogens is 2. The van der Waals surface area contributed by atoms with Gasteiger partial charge in [0.2, 0.25) is 0 Å². The van der Waals surface area contributed by atoms with Crippen LogP contribution in [0.25, 0.3) is 11.4 Å². The van der Waals surface area contributed by atoms with Crippen LogP contribution in [0.1, 0.15) is 5.56 Å². The summed E-state index contributed by atoms with van der Waals surface area (Å²) < 4.78 is 13.2. The van der Waals surface area contributed by atoms with Gasteiger partial charge in [-0.1, -0.05) is 23.7 Å². The van der Waals surface area contributed by atoms with E-state index in [-0.39, 0.29) is 5.82 Å². The van der Waals surface area contributed by atoms with Crippen LogP contribution in [0, 0.1) is 5.82 Å². The van der Waals surface area contributed by atoms with Crippen LogP contribution in [-0.2, 0) is 6.54 Å². The van der Waals surface area contributed by atoms with Crippen LogP contribution in [0.4, 0.5) is 10.2 Å². The van der Waals surface area contributed by atoms with Crippen LogP contribution in [-0.4, -0.2) is 15.0 Å². The molecule has 0 aliphatic carbocycles. The highest BCUT2D eigenvalue weighted by molar-refractivity contribution is 6.29. The molecule has 0 saturated carbocycles. The number of hydrogen-bond donors (Lipinski definition) is 1. The zero-order chi connectivity index (χ0) is 15.4. The number of benzene rings is 1. The van der Waals surface area contributed by atoms with Crippen molar-refractivity contribution >= 4 is 17.4 Å². The first-order valence-electron chi connectivity index (χ1n) is 6.64. The number of nitrogens with zero attached hydrogens (tertiary/aromatic N) is 3. The van der Waals surface area contributed by atoms with E-state index >= 15 is 0 Å². The zero-order valence-corrected chi connectivity index (χ0v) is 12.3. The van der Waals surface area contributed by atoms with E-state index in [0.29, 0.717) is 23.3 Å². The molecule has 3 aromatic rings. The van der Waals surface area contributed by atoms with Crippen LogP contribution in [0.5, 0.6) is 0 Å². The third-order valence-corrected chi connectivity index (χ3v) is 3.19. The lowest BCUT2D eigenvalue weighted by Crippen LogP contribution is -2.03. The van der Waals surface area contributed by atoms with E-state index in [4.69, 9.17) is 11.6 Å². The summed E-state index contributed by atoms with van der Waals surface area (Å²) in [7, 11) is 0. The van der Waals surface area contributed by atoms with E-state index in [1.807, 2.05) is 18.2 Å². The molecule has 0 amide bonds. The van der Waals surface area contributed by atoms with Crippen molar-refractivity contribution in [2.75, 3.05) is 5.32 Å². The maximum Gasteiger partial charge on any atom is 0.163 e. The van der Waals surface area contributed by atoms with E-state index in [2.05, 4.69) is 20.3 Å². The first kappa shape index (κ1) is 14.4.